The van der Waals surface area contributed by atoms with Crippen LogP contribution in [0.25, 0.3) is 10.9 Å². The van der Waals surface area contributed by atoms with Crippen molar-refractivity contribution < 1.29 is 36.2 Å². The molecule has 5 nitrogen and oxygen atoms in total. The van der Waals surface area contributed by atoms with Crippen molar-refractivity contribution in [3.63, 3.8) is 0 Å². The molecule has 2 aromatic carbocycles. The van der Waals surface area contributed by atoms with E-state index < -0.39 is 46.8 Å². The van der Waals surface area contributed by atoms with E-state index in [0.29, 0.717) is 6.07 Å². The number of halogens is 6. The third-order valence-electron chi connectivity index (χ3n) is 4.70. The van der Waals surface area contributed by atoms with Crippen LogP contribution in [0.4, 0.5) is 26.3 Å². The van der Waals surface area contributed by atoms with E-state index in [1.165, 1.54) is 25.1 Å². The lowest BCUT2D eigenvalue weighted by atomic mass is 10.0. The fourth-order valence-electron chi connectivity index (χ4n) is 3.04. The highest BCUT2D eigenvalue weighted by Gasteiger charge is 2.36. The Morgan fingerprint density at radius 1 is 0.906 bits per heavy atom. The van der Waals surface area contributed by atoms with Gasteiger partial charge in [0.15, 0.2) is 0 Å². The maximum atomic E-state index is 13.1. The minimum absolute atomic E-state index is 0.00401. The molecule has 0 aliphatic rings. The zero-order valence-electron chi connectivity index (χ0n) is 16.2. The summed E-state index contributed by atoms with van der Waals surface area (Å²) in [5.74, 6) is -0.265. The van der Waals surface area contributed by atoms with Crippen molar-refractivity contribution in [1.82, 2.24) is 4.98 Å². The quantitative estimate of drug-likeness (QED) is 0.529. The van der Waals surface area contributed by atoms with Crippen LogP contribution in [-0.2, 0) is 18.0 Å². The molecule has 32 heavy (non-hydrogen) atoms. The van der Waals surface area contributed by atoms with Crippen molar-refractivity contribution in [2.45, 2.75) is 24.9 Å². The summed E-state index contributed by atoms with van der Waals surface area (Å²) in [4.78, 5) is 2.63. The molecule has 0 radical (unpaired) electrons. The molecule has 0 bridgehead atoms. The summed E-state index contributed by atoms with van der Waals surface area (Å²) in [6, 6.07) is 8.67. The molecule has 1 aromatic heterocycles. The molecule has 166 valence electrons. The second-order valence-corrected chi connectivity index (χ2v) is 7.16. The Balaban J connectivity index is 1.91. The number of alkyl halides is 6. The van der Waals surface area contributed by atoms with Crippen LogP contribution in [0.1, 0.15) is 34.9 Å². The maximum Gasteiger partial charge on any atom is 0.417 e. The molecular formula is C21H13F6N3O2. The Morgan fingerprint density at radius 2 is 1.50 bits per heavy atom. The number of aliphatic hydroxyl groups is 1. The van der Waals surface area contributed by atoms with Crippen LogP contribution >= 0.6 is 0 Å². The van der Waals surface area contributed by atoms with Gasteiger partial charge in [0.1, 0.15) is 18.0 Å². The molecule has 0 aliphatic carbocycles. The van der Waals surface area contributed by atoms with Crippen LogP contribution in [0.2, 0.25) is 0 Å². The predicted molar refractivity (Wildman–Crippen MR) is 99.2 cm³/mol. The SMILES string of the molecule is CC(O)(COc1ccc(C#N)c(C(F)(F)F)c1)c1cc2cc(C#N)c(C(F)(F)F)cc2[nH]1. The van der Waals surface area contributed by atoms with Gasteiger partial charge in [-0.2, -0.15) is 36.9 Å². The number of rotatable bonds is 4. The average molecular weight is 453 g/mol. The normalized spacial score (nSPS) is 13.9. The summed E-state index contributed by atoms with van der Waals surface area (Å²) >= 11 is 0. The summed E-state index contributed by atoms with van der Waals surface area (Å²) < 4.78 is 84.0. The van der Waals surface area contributed by atoms with Crippen molar-refractivity contribution in [2.75, 3.05) is 6.61 Å². The number of nitriles is 2. The van der Waals surface area contributed by atoms with Gasteiger partial charge in [-0.3, -0.25) is 0 Å². The molecule has 0 saturated heterocycles. The number of fused-ring (bicyclic) bond motifs is 1. The number of aromatic amines is 1. The first kappa shape index (κ1) is 23.0. The van der Waals surface area contributed by atoms with E-state index in [1.54, 1.807) is 0 Å². The summed E-state index contributed by atoms with van der Waals surface area (Å²) in [5.41, 5.74) is -5.34. The van der Waals surface area contributed by atoms with Crippen molar-refractivity contribution in [3.8, 4) is 17.9 Å². The van der Waals surface area contributed by atoms with Crippen molar-refractivity contribution in [3.05, 3.63) is 64.3 Å². The minimum Gasteiger partial charge on any atom is -0.490 e. The van der Waals surface area contributed by atoms with Crippen LogP contribution in [0.15, 0.2) is 36.4 Å². The zero-order valence-corrected chi connectivity index (χ0v) is 16.2. The first-order valence-electron chi connectivity index (χ1n) is 8.87. The Hall–Kier alpha value is -3.70. The van der Waals surface area contributed by atoms with Gasteiger partial charge >= 0.3 is 12.4 Å². The van der Waals surface area contributed by atoms with Crippen molar-refractivity contribution >= 4 is 10.9 Å². The third-order valence-corrected chi connectivity index (χ3v) is 4.70. The number of nitrogens with zero attached hydrogens (tertiary/aromatic N) is 2. The van der Waals surface area contributed by atoms with Gasteiger partial charge in [-0.15, -0.1) is 0 Å². The predicted octanol–water partition coefficient (Wildman–Crippen LogP) is 5.24. The molecule has 2 N–H and O–H groups in total. The van der Waals surface area contributed by atoms with E-state index in [1.807, 2.05) is 0 Å². The highest BCUT2D eigenvalue weighted by atomic mass is 19.4. The van der Waals surface area contributed by atoms with Gasteiger partial charge in [0.25, 0.3) is 0 Å². The Labute approximate surface area is 177 Å². The van der Waals surface area contributed by atoms with Gasteiger partial charge < -0.3 is 14.8 Å². The van der Waals surface area contributed by atoms with Gasteiger partial charge in [-0.25, -0.2) is 0 Å². The van der Waals surface area contributed by atoms with E-state index >= 15 is 0 Å². The van der Waals surface area contributed by atoms with E-state index in [0.717, 1.165) is 24.3 Å². The van der Waals surface area contributed by atoms with E-state index in [-0.39, 0.29) is 22.3 Å². The van der Waals surface area contributed by atoms with E-state index in [2.05, 4.69) is 4.98 Å². The standard InChI is InChI=1S/C21H13F6N3O2/c1-19(31,10-32-14-3-2-11(8-28)15(6-14)20(22,23)24)18-5-12-4-13(9-29)16(21(25,26)27)7-17(12)30-18/h2-7,30-31H,10H2,1H3. The van der Waals surface area contributed by atoms with Gasteiger partial charge in [0.2, 0.25) is 0 Å². The largest absolute Gasteiger partial charge is 0.490 e. The van der Waals surface area contributed by atoms with E-state index in [4.69, 9.17) is 15.3 Å². The van der Waals surface area contributed by atoms with Crippen molar-refractivity contribution in [1.29, 1.82) is 10.5 Å². The van der Waals surface area contributed by atoms with E-state index in [9.17, 15) is 31.4 Å². The number of ether oxygens (including phenoxy) is 1. The Morgan fingerprint density at radius 3 is 2.06 bits per heavy atom. The summed E-state index contributed by atoms with van der Waals surface area (Å²) in [6.07, 6.45) is -9.55. The molecule has 1 unspecified atom stereocenters. The monoisotopic (exact) mass is 453 g/mol. The van der Waals surface area contributed by atoms with Gasteiger partial charge in [0.05, 0.1) is 40.1 Å². The fraction of sp³-hybridized carbons (Fsp3) is 0.238. The van der Waals surface area contributed by atoms with Gasteiger partial charge in [-0.05, 0) is 43.3 Å². The van der Waals surface area contributed by atoms with Crippen LogP contribution in [0.3, 0.4) is 0 Å². The zero-order chi connectivity index (χ0) is 23.9. The Kier molecular flexibility index (Phi) is 5.58. The van der Waals surface area contributed by atoms with Crippen molar-refractivity contribution in [2.24, 2.45) is 0 Å². The van der Waals surface area contributed by atoms with Crippen LogP contribution in [0.5, 0.6) is 5.75 Å². The molecule has 11 heteroatoms. The second-order valence-electron chi connectivity index (χ2n) is 7.16. The molecule has 0 spiro atoms. The number of aromatic nitrogens is 1. The summed E-state index contributed by atoms with van der Waals surface area (Å²) in [6.45, 7) is 0.697. The lowest BCUT2D eigenvalue weighted by molar-refractivity contribution is -0.138. The lowest BCUT2D eigenvalue weighted by Gasteiger charge is -2.23. The first-order valence-corrected chi connectivity index (χ1v) is 8.87. The molecule has 0 amide bonds. The number of nitrogens with one attached hydrogen (secondary N) is 1. The van der Waals surface area contributed by atoms with Crippen LogP contribution in [-0.4, -0.2) is 16.7 Å². The average Bonchev–Trinajstić information content (AvgIpc) is 3.14. The molecule has 3 aromatic rings. The molecule has 0 aliphatic heterocycles. The van der Waals surface area contributed by atoms with Gasteiger partial charge in [0, 0.05) is 10.9 Å². The Bertz CT molecular complexity index is 1260. The van der Waals surface area contributed by atoms with Gasteiger partial charge in [-0.1, -0.05) is 0 Å². The number of H-pyrrole nitrogens is 1. The van der Waals surface area contributed by atoms with Crippen LogP contribution in [0, 0.1) is 22.7 Å². The minimum atomic E-state index is -4.79. The molecule has 1 heterocycles. The summed E-state index contributed by atoms with van der Waals surface area (Å²) in [5, 5.41) is 28.8. The molecule has 3 rings (SSSR count). The first-order chi connectivity index (χ1) is 14.8. The molecular weight excluding hydrogens is 440 g/mol. The number of hydrogen-bond donors (Lipinski definition) is 2. The highest BCUT2D eigenvalue weighted by molar-refractivity contribution is 5.83. The highest BCUT2D eigenvalue weighted by Crippen LogP contribution is 2.37. The third kappa shape index (κ3) is 4.48. The summed E-state index contributed by atoms with van der Waals surface area (Å²) in [7, 11) is 0. The molecule has 0 saturated carbocycles. The number of hydrogen-bond acceptors (Lipinski definition) is 4. The smallest absolute Gasteiger partial charge is 0.417 e. The lowest BCUT2D eigenvalue weighted by Crippen LogP contribution is -2.30. The number of benzene rings is 2. The molecule has 1 atom stereocenters. The maximum absolute atomic E-state index is 13.1. The topological polar surface area (TPSA) is 92.8 Å². The second kappa shape index (κ2) is 7.77. The van der Waals surface area contributed by atoms with Crippen LogP contribution < -0.4 is 4.74 Å². The molecule has 0 fully saturated rings. The fourth-order valence-corrected chi connectivity index (χ4v) is 3.04.